The third-order valence-corrected chi connectivity index (χ3v) is 6.38. The number of aryl methyl sites for hydroxylation is 1. The van der Waals surface area contributed by atoms with Crippen LogP contribution in [-0.2, 0) is 6.18 Å². The molecule has 3 atom stereocenters. The lowest BCUT2D eigenvalue weighted by atomic mass is 9.87. The van der Waals surface area contributed by atoms with Gasteiger partial charge in [0.25, 0.3) is 0 Å². The first-order valence-corrected chi connectivity index (χ1v) is 10.3. The molecule has 162 valence electrons. The molecule has 2 fully saturated rings. The van der Waals surface area contributed by atoms with E-state index in [-0.39, 0.29) is 11.7 Å². The molecule has 2 aliphatic heterocycles. The first-order chi connectivity index (χ1) is 14.3. The van der Waals surface area contributed by atoms with Gasteiger partial charge < -0.3 is 14.7 Å². The van der Waals surface area contributed by atoms with Gasteiger partial charge in [0.05, 0.1) is 24.1 Å². The highest BCUT2D eigenvalue weighted by Gasteiger charge is 2.36. The average Bonchev–Trinajstić information content (AvgIpc) is 3.20. The first-order valence-electron chi connectivity index (χ1n) is 10.3. The van der Waals surface area contributed by atoms with Gasteiger partial charge in [-0.15, -0.1) is 5.10 Å². The molecule has 1 aromatic heterocycles. The largest absolute Gasteiger partial charge is 0.496 e. The Kier molecular flexibility index (Phi) is 5.72. The molecule has 2 saturated heterocycles. The molecular formula is C22H26F3N3O2. The molecule has 5 nitrogen and oxygen atoms in total. The molecule has 1 N–H and O–H groups in total. The maximum Gasteiger partial charge on any atom is 0.416 e. The number of rotatable bonds is 4. The molecular weight excluding hydrogens is 395 g/mol. The van der Waals surface area contributed by atoms with E-state index in [0.29, 0.717) is 23.0 Å². The van der Waals surface area contributed by atoms with Gasteiger partial charge in [0.2, 0.25) is 0 Å². The molecule has 0 bridgehead atoms. The number of alkyl halides is 3. The Morgan fingerprint density at radius 3 is 2.67 bits per heavy atom. The van der Waals surface area contributed by atoms with Crippen LogP contribution in [0.5, 0.6) is 5.75 Å². The third kappa shape index (κ3) is 4.03. The van der Waals surface area contributed by atoms with Crippen LogP contribution in [-0.4, -0.2) is 46.4 Å². The topological polar surface area (TPSA) is 58.5 Å². The van der Waals surface area contributed by atoms with Gasteiger partial charge in [-0.2, -0.15) is 18.3 Å². The number of methoxy groups -OCH3 is 1. The van der Waals surface area contributed by atoms with Crippen molar-refractivity contribution in [2.45, 2.75) is 50.9 Å². The van der Waals surface area contributed by atoms with Crippen LogP contribution in [0.4, 0.5) is 13.2 Å². The summed E-state index contributed by atoms with van der Waals surface area (Å²) in [4.78, 5) is 2.46. The fraction of sp³-hybridized carbons (Fsp3) is 0.545. The van der Waals surface area contributed by atoms with Crippen molar-refractivity contribution in [2.24, 2.45) is 5.92 Å². The summed E-state index contributed by atoms with van der Waals surface area (Å²) in [7, 11) is 1.33. The van der Waals surface area contributed by atoms with Crippen molar-refractivity contribution >= 4 is 0 Å². The van der Waals surface area contributed by atoms with Crippen molar-refractivity contribution in [3.8, 4) is 17.0 Å². The molecule has 1 aromatic carbocycles. The lowest BCUT2D eigenvalue weighted by molar-refractivity contribution is -0.137. The Balaban J connectivity index is 1.57. The van der Waals surface area contributed by atoms with Crippen molar-refractivity contribution in [3.63, 3.8) is 0 Å². The van der Waals surface area contributed by atoms with Gasteiger partial charge >= 0.3 is 6.18 Å². The van der Waals surface area contributed by atoms with Gasteiger partial charge in [0, 0.05) is 24.1 Å². The zero-order chi connectivity index (χ0) is 21.5. The summed E-state index contributed by atoms with van der Waals surface area (Å²) >= 11 is 0. The standard InChI is InChI=1S/C22H26F3N3O2/c1-13-10-18(21(29)14-5-7-16-4-3-9-28(16)12-14)26-27-20(13)17-8-6-15(22(23,24)25)11-19(17)30-2/h6,8,10-11,14,16,21,29H,3-5,7,9,12H2,1-2H3/t14-,16-,21?/m1/s1. The van der Waals surface area contributed by atoms with E-state index < -0.39 is 17.8 Å². The first kappa shape index (κ1) is 21.1. The van der Waals surface area contributed by atoms with Crippen LogP contribution >= 0.6 is 0 Å². The highest BCUT2D eigenvalue weighted by atomic mass is 19.4. The summed E-state index contributed by atoms with van der Waals surface area (Å²) in [6, 6.07) is 5.75. The quantitative estimate of drug-likeness (QED) is 0.794. The molecule has 2 aromatic rings. The highest BCUT2D eigenvalue weighted by molar-refractivity contribution is 5.70. The number of aliphatic hydroxyl groups excluding tert-OH is 1. The van der Waals surface area contributed by atoms with Crippen LogP contribution in [0.3, 0.4) is 0 Å². The summed E-state index contributed by atoms with van der Waals surface area (Å²) in [5, 5.41) is 19.4. The molecule has 0 radical (unpaired) electrons. The maximum atomic E-state index is 13.0. The van der Waals surface area contributed by atoms with E-state index in [9.17, 15) is 18.3 Å². The lowest BCUT2D eigenvalue weighted by Crippen LogP contribution is -2.41. The van der Waals surface area contributed by atoms with Crippen LogP contribution in [0.2, 0.25) is 0 Å². The number of benzene rings is 1. The number of fused-ring (bicyclic) bond motifs is 1. The number of piperidine rings is 1. The van der Waals surface area contributed by atoms with Crippen molar-refractivity contribution in [3.05, 3.63) is 41.1 Å². The van der Waals surface area contributed by atoms with E-state index in [1.807, 2.05) is 6.92 Å². The molecule has 30 heavy (non-hydrogen) atoms. The Morgan fingerprint density at radius 1 is 1.17 bits per heavy atom. The normalized spacial score (nSPS) is 23.3. The van der Waals surface area contributed by atoms with Gasteiger partial charge in [0.1, 0.15) is 11.9 Å². The summed E-state index contributed by atoms with van der Waals surface area (Å²) in [5.74, 6) is 0.197. The second-order valence-electron chi connectivity index (χ2n) is 8.29. The van der Waals surface area contributed by atoms with E-state index in [4.69, 9.17) is 4.74 Å². The molecule has 1 unspecified atom stereocenters. The number of aliphatic hydroxyl groups is 1. The zero-order valence-electron chi connectivity index (χ0n) is 17.1. The maximum absolute atomic E-state index is 13.0. The van der Waals surface area contributed by atoms with Gasteiger partial charge in [-0.3, -0.25) is 0 Å². The van der Waals surface area contributed by atoms with E-state index in [0.717, 1.165) is 43.6 Å². The van der Waals surface area contributed by atoms with Crippen LogP contribution in [0.15, 0.2) is 24.3 Å². The van der Waals surface area contributed by atoms with Crippen molar-refractivity contribution in [1.82, 2.24) is 15.1 Å². The number of ether oxygens (including phenoxy) is 1. The van der Waals surface area contributed by atoms with Crippen molar-refractivity contribution < 1.29 is 23.0 Å². The Labute approximate surface area is 173 Å². The minimum atomic E-state index is -4.45. The lowest BCUT2D eigenvalue weighted by Gasteiger charge is -2.37. The van der Waals surface area contributed by atoms with Crippen molar-refractivity contribution in [2.75, 3.05) is 20.2 Å². The highest BCUT2D eigenvalue weighted by Crippen LogP contribution is 2.39. The third-order valence-electron chi connectivity index (χ3n) is 6.38. The monoisotopic (exact) mass is 421 g/mol. The van der Waals surface area contributed by atoms with E-state index in [2.05, 4.69) is 15.1 Å². The predicted octanol–water partition coefficient (Wildman–Crippen LogP) is 4.39. The number of hydrogen-bond acceptors (Lipinski definition) is 5. The summed E-state index contributed by atoms with van der Waals surface area (Å²) in [6.07, 6.45) is -0.649. The molecule has 3 heterocycles. The minimum absolute atomic E-state index is 0.0860. The molecule has 0 aliphatic carbocycles. The number of halogens is 3. The second-order valence-corrected chi connectivity index (χ2v) is 8.29. The average molecular weight is 421 g/mol. The van der Waals surface area contributed by atoms with Gasteiger partial charge in [0.15, 0.2) is 0 Å². The Morgan fingerprint density at radius 2 is 1.97 bits per heavy atom. The molecule has 8 heteroatoms. The van der Waals surface area contributed by atoms with E-state index >= 15 is 0 Å². The Hall–Kier alpha value is -2.19. The Bertz CT molecular complexity index is 919. The summed E-state index contributed by atoms with van der Waals surface area (Å²) in [5.41, 5.74) is 1.34. The molecule has 0 spiro atoms. The smallest absolute Gasteiger partial charge is 0.416 e. The van der Waals surface area contributed by atoms with Crippen LogP contribution in [0, 0.1) is 12.8 Å². The molecule has 4 rings (SSSR count). The van der Waals surface area contributed by atoms with Crippen molar-refractivity contribution in [1.29, 1.82) is 0 Å². The molecule has 0 amide bonds. The fourth-order valence-electron chi connectivity index (χ4n) is 4.74. The van der Waals surface area contributed by atoms with Crippen LogP contribution in [0.25, 0.3) is 11.3 Å². The predicted molar refractivity (Wildman–Crippen MR) is 106 cm³/mol. The number of nitrogens with zero attached hydrogens (tertiary/aromatic N) is 3. The van der Waals surface area contributed by atoms with E-state index in [1.54, 1.807) is 6.07 Å². The van der Waals surface area contributed by atoms with Crippen LogP contribution < -0.4 is 4.74 Å². The van der Waals surface area contributed by atoms with Gasteiger partial charge in [-0.05, 0) is 69.0 Å². The summed E-state index contributed by atoms with van der Waals surface area (Å²) < 4.78 is 44.2. The SMILES string of the molecule is COc1cc(C(F)(F)F)ccc1-c1nnc(C(O)[C@@H]2CC[C@H]3CCCN3C2)cc1C. The minimum Gasteiger partial charge on any atom is -0.496 e. The second kappa shape index (κ2) is 8.15. The fourth-order valence-corrected chi connectivity index (χ4v) is 4.74. The number of hydrogen-bond donors (Lipinski definition) is 1. The molecule has 2 aliphatic rings. The summed E-state index contributed by atoms with van der Waals surface area (Å²) in [6.45, 7) is 3.76. The molecule has 0 saturated carbocycles. The van der Waals surface area contributed by atoms with Gasteiger partial charge in [-0.25, -0.2) is 0 Å². The zero-order valence-corrected chi connectivity index (χ0v) is 17.1. The van der Waals surface area contributed by atoms with Crippen LogP contribution in [0.1, 0.15) is 48.6 Å². The van der Waals surface area contributed by atoms with Gasteiger partial charge in [-0.1, -0.05) is 0 Å². The number of aromatic nitrogens is 2. The van der Waals surface area contributed by atoms with E-state index in [1.165, 1.54) is 26.0 Å².